The molecule has 1 aliphatic rings. The fourth-order valence-corrected chi connectivity index (χ4v) is 4.14. The molecule has 5 heteroatoms. The number of anilines is 1. The van der Waals surface area contributed by atoms with E-state index in [0.717, 1.165) is 33.6 Å². The molecule has 4 N–H and O–H groups in total. The zero-order valence-electron chi connectivity index (χ0n) is 17.7. The smallest absolute Gasteiger partial charge is 0.182 e. The van der Waals surface area contributed by atoms with Gasteiger partial charge in [0.05, 0.1) is 14.2 Å². The molecule has 3 aromatic carbocycles. The predicted molar refractivity (Wildman–Crippen MR) is 120 cm³/mol. The van der Waals surface area contributed by atoms with Crippen molar-refractivity contribution in [3.8, 4) is 17.2 Å². The van der Waals surface area contributed by atoms with Gasteiger partial charge in [-0.15, -0.1) is 0 Å². The van der Waals surface area contributed by atoms with Crippen molar-refractivity contribution in [1.82, 2.24) is 0 Å². The summed E-state index contributed by atoms with van der Waals surface area (Å²) in [4.78, 5) is 0. The van der Waals surface area contributed by atoms with Gasteiger partial charge in [0, 0.05) is 39.2 Å². The minimum absolute atomic E-state index is 0.679. The number of para-hydroxylation sites is 1. The third-order valence-corrected chi connectivity index (χ3v) is 5.85. The van der Waals surface area contributed by atoms with Crippen molar-refractivity contribution in [3.63, 3.8) is 0 Å². The number of methoxy groups -OCH3 is 2. The van der Waals surface area contributed by atoms with Crippen LogP contribution in [-0.4, -0.2) is 14.2 Å². The predicted octanol–water partition coefficient (Wildman–Crippen LogP) is 4.62. The van der Waals surface area contributed by atoms with Crippen molar-refractivity contribution in [1.29, 1.82) is 0 Å². The Kier molecular flexibility index (Phi) is 4.82. The lowest BCUT2D eigenvalue weighted by atomic mass is 9.76. The number of nitrogen functional groups attached to an aromatic ring is 1. The standard InChI is InChI=1S/C25H26N2O3/c1-15-22(28-3)13-18(14-23(15)29-4)25(17-9-11-19(26)12-10-17)16(2)24(27)20-7-5-6-8-21(20)30-25/h5-14H,26-27H2,1-4H3. The van der Waals surface area contributed by atoms with Gasteiger partial charge in [-0.1, -0.05) is 24.3 Å². The van der Waals surface area contributed by atoms with Crippen LogP contribution in [0.3, 0.4) is 0 Å². The third-order valence-electron chi connectivity index (χ3n) is 5.85. The molecule has 0 saturated carbocycles. The molecule has 1 unspecified atom stereocenters. The summed E-state index contributed by atoms with van der Waals surface area (Å²) < 4.78 is 18.1. The molecule has 30 heavy (non-hydrogen) atoms. The lowest BCUT2D eigenvalue weighted by molar-refractivity contribution is 0.145. The topological polar surface area (TPSA) is 79.7 Å². The maximum Gasteiger partial charge on any atom is 0.182 e. The zero-order chi connectivity index (χ0) is 21.5. The van der Waals surface area contributed by atoms with Gasteiger partial charge in [0.15, 0.2) is 5.60 Å². The third kappa shape index (κ3) is 2.86. The number of benzene rings is 3. The quantitative estimate of drug-likeness (QED) is 0.623. The van der Waals surface area contributed by atoms with Gasteiger partial charge in [0.1, 0.15) is 17.2 Å². The minimum atomic E-state index is -0.958. The highest BCUT2D eigenvalue weighted by molar-refractivity contribution is 5.77. The van der Waals surface area contributed by atoms with Crippen LogP contribution in [0.2, 0.25) is 0 Å². The molecule has 0 fully saturated rings. The first-order valence-electron chi connectivity index (χ1n) is 9.76. The highest BCUT2D eigenvalue weighted by Crippen LogP contribution is 2.50. The summed E-state index contributed by atoms with van der Waals surface area (Å²) in [5.74, 6) is 2.15. The molecule has 0 aromatic heterocycles. The molecular weight excluding hydrogens is 376 g/mol. The Morgan fingerprint density at radius 2 is 1.40 bits per heavy atom. The number of nitrogens with two attached hydrogens (primary N) is 2. The molecule has 3 aromatic rings. The first kappa shape index (κ1) is 19.7. The van der Waals surface area contributed by atoms with Crippen molar-refractivity contribution >= 4 is 11.4 Å². The second-order valence-corrected chi connectivity index (χ2v) is 7.45. The van der Waals surface area contributed by atoms with E-state index in [-0.39, 0.29) is 0 Å². The van der Waals surface area contributed by atoms with Crippen LogP contribution in [0.4, 0.5) is 5.69 Å². The van der Waals surface area contributed by atoms with Crippen LogP contribution >= 0.6 is 0 Å². The number of hydrogen-bond donors (Lipinski definition) is 2. The number of rotatable bonds is 4. The van der Waals surface area contributed by atoms with Crippen molar-refractivity contribution in [3.05, 3.63) is 88.5 Å². The maximum absolute atomic E-state index is 6.76. The van der Waals surface area contributed by atoms with Gasteiger partial charge in [-0.2, -0.15) is 0 Å². The van der Waals surface area contributed by atoms with E-state index in [4.69, 9.17) is 25.7 Å². The van der Waals surface area contributed by atoms with Crippen LogP contribution in [0.1, 0.15) is 29.2 Å². The van der Waals surface area contributed by atoms with Gasteiger partial charge in [0.25, 0.3) is 0 Å². The van der Waals surface area contributed by atoms with E-state index in [9.17, 15) is 0 Å². The van der Waals surface area contributed by atoms with E-state index in [2.05, 4.69) is 0 Å². The molecule has 5 nitrogen and oxygen atoms in total. The highest BCUT2D eigenvalue weighted by atomic mass is 16.5. The van der Waals surface area contributed by atoms with Crippen molar-refractivity contribution < 1.29 is 14.2 Å². The summed E-state index contributed by atoms with van der Waals surface area (Å²) in [7, 11) is 3.30. The van der Waals surface area contributed by atoms with Gasteiger partial charge in [-0.05, 0) is 50.2 Å². The first-order valence-corrected chi connectivity index (χ1v) is 9.76. The summed E-state index contributed by atoms with van der Waals surface area (Å²) >= 11 is 0. The summed E-state index contributed by atoms with van der Waals surface area (Å²) in [5.41, 5.74) is 17.5. The largest absolute Gasteiger partial charge is 0.496 e. The molecule has 0 saturated heterocycles. The van der Waals surface area contributed by atoms with Crippen LogP contribution in [0.5, 0.6) is 17.2 Å². The Bertz CT molecular complexity index is 1110. The Balaban J connectivity index is 2.08. The van der Waals surface area contributed by atoms with E-state index in [1.165, 1.54) is 0 Å². The zero-order valence-corrected chi connectivity index (χ0v) is 17.7. The number of hydrogen-bond acceptors (Lipinski definition) is 5. The van der Waals surface area contributed by atoms with Gasteiger partial charge < -0.3 is 25.7 Å². The second-order valence-electron chi connectivity index (χ2n) is 7.45. The monoisotopic (exact) mass is 402 g/mol. The number of fused-ring (bicyclic) bond motifs is 1. The van der Waals surface area contributed by atoms with Gasteiger partial charge in [-0.3, -0.25) is 0 Å². The minimum Gasteiger partial charge on any atom is -0.496 e. The average molecular weight is 402 g/mol. The van der Waals surface area contributed by atoms with Crippen LogP contribution in [0.25, 0.3) is 5.70 Å². The summed E-state index contributed by atoms with van der Waals surface area (Å²) in [6.45, 7) is 3.96. The van der Waals surface area contributed by atoms with E-state index in [1.54, 1.807) is 14.2 Å². The molecule has 4 rings (SSSR count). The molecule has 0 radical (unpaired) electrons. The van der Waals surface area contributed by atoms with Crippen LogP contribution in [0, 0.1) is 6.92 Å². The Labute approximate surface area is 176 Å². The van der Waals surface area contributed by atoms with Gasteiger partial charge >= 0.3 is 0 Å². The lowest BCUT2D eigenvalue weighted by Crippen LogP contribution is -2.40. The average Bonchev–Trinajstić information content (AvgIpc) is 2.77. The van der Waals surface area contributed by atoms with E-state index in [0.29, 0.717) is 22.9 Å². The van der Waals surface area contributed by atoms with Crippen molar-refractivity contribution in [2.75, 3.05) is 20.0 Å². The molecular formula is C25H26N2O3. The molecule has 0 amide bonds. The van der Waals surface area contributed by atoms with Crippen LogP contribution < -0.4 is 25.7 Å². The summed E-state index contributed by atoms with van der Waals surface area (Å²) in [6.07, 6.45) is 0. The van der Waals surface area contributed by atoms with Crippen LogP contribution in [0.15, 0.2) is 66.2 Å². The van der Waals surface area contributed by atoms with E-state index < -0.39 is 5.60 Å². The van der Waals surface area contributed by atoms with Gasteiger partial charge in [-0.25, -0.2) is 0 Å². The number of ether oxygens (including phenoxy) is 3. The van der Waals surface area contributed by atoms with Crippen molar-refractivity contribution in [2.45, 2.75) is 19.4 Å². The molecule has 0 bridgehead atoms. The molecule has 1 aliphatic heterocycles. The highest BCUT2D eigenvalue weighted by Gasteiger charge is 2.44. The SMILES string of the molecule is COc1cc(C2(c3ccc(N)cc3)Oc3ccccc3C(N)=C2C)cc(OC)c1C. The first-order chi connectivity index (χ1) is 14.4. The fraction of sp³-hybridized carbons (Fsp3) is 0.200. The lowest BCUT2D eigenvalue weighted by Gasteiger charge is -2.41. The maximum atomic E-state index is 6.76. The van der Waals surface area contributed by atoms with Crippen molar-refractivity contribution in [2.24, 2.45) is 5.73 Å². The molecule has 0 aliphatic carbocycles. The molecule has 1 atom stereocenters. The van der Waals surface area contributed by atoms with E-state index in [1.807, 2.05) is 74.5 Å². The van der Waals surface area contributed by atoms with Gasteiger partial charge in [0.2, 0.25) is 0 Å². The Morgan fingerprint density at radius 3 is 2.00 bits per heavy atom. The molecule has 154 valence electrons. The molecule has 0 spiro atoms. The Hall–Kier alpha value is -3.60. The summed E-state index contributed by atoms with van der Waals surface area (Å²) in [5, 5.41) is 0. The van der Waals surface area contributed by atoms with E-state index >= 15 is 0 Å². The normalized spacial score (nSPS) is 17.9. The Morgan fingerprint density at radius 1 is 0.800 bits per heavy atom. The van der Waals surface area contributed by atoms with Crippen LogP contribution in [-0.2, 0) is 5.60 Å². The summed E-state index contributed by atoms with van der Waals surface area (Å²) in [6, 6.07) is 19.4. The molecule has 1 heterocycles. The fourth-order valence-electron chi connectivity index (χ4n) is 4.14. The second kappa shape index (κ2) is 7.34.